The average molecular weight is 369 g/mol. The van der Waals surface area contributed by atoms with Gasteiger partial charge in [-0.25, -0.2) is 0 Å². The van der Waals surface area contributed by atoms with Gasteiger partial charge in [-0.3, -0.25) is 9.59 Å². The second-order valence-corrected chi connectivity index (χ2v) is 6.63. The summed E-state index contributed by atoms with van der Waals surface area (Å²) in [7, 11) is 1.55. The van der Waals surface area contributed by atoms with Crippen molar-refractivity contribution >= 4 is 11.9 Å². The summed E-state index contributed by atoms with van der Waals surface area (Å²) in [4.78, 5) is 24.3. The highest BCUT2D eigenvalue weighted by atomic mass is 16.5. The highest BCUT2D eigenvalue weighted by Crippen LogP contribution is 2.31. The SMILES string of the molecule is COc1ccc(C(=O)NCC(C(=O)O)c2ccccc2)c(OCC2CC2)c1. The van der Waals surface area contributed by atoms with Crippen LogP contribution in [0.1, 0.15) is 34.7 Å². The highest BCUT2D eigenvalue weighted by Gasteiger charge is 2.24. The molecule has 0 aromatic heterocycles. The van der Waals surface area contributed by atoms with Crippen LogP contribution in [-0.4, -0.2) is 37.2 Å². The quantitative estimate of drug-likeness (QED) is 0.710. The van der Waals surface area contributed by atoms with Crippen molar-refractivity contribution in [3.8, 4) is 11.5 Å². The number of hydrogen-bond donors (Lipinski definition) is 2. The number of carbonyl (C=O) groups excluding carboxylic acids is 1. The van der Waals surface area contributed by atoms with Gasteiger partial charge in [0.15, 0.2) is 0 Å². The van der Waals surface area contributed by atoms with E-state index in [-0.39, 0.29) is 12.5 Å². The number of hydrogen-bond acceptors (Lipinski definition) is 4. The molecule has 6 heteroatoms. The Labute approximate surface area is 158 Å². The molecule has 142 valence electrons. The summed E-state index contributed by atoms with van der Waals surface area (Å²) in [5.74, 6) is -0.576. The van der Waals surface area contributed by atoms with Gasteiger partial charge in [-0.1, -0.05) is 30.3 Å². The molecule has 1 atom stereocenters. The van der Waals surface area contributed by atoms with Crippen LogP contribution >= 0.6 is 0 Å². The number of aliphatic carboxylic acids is 1. The second kappa shape index (κ2) is 8.58. The van der Waals surface area contributed by atoms with Gasteiger partial charge in [-0.2, -0.15) is 0 Å². The van der Waals surface area contributed by atoms with Gasteiger partial charge in [0.1, 0.15) is 11.5 Å². The van der Waals surface area contributed by atoms with Gasteiger partial charge < -0.3 is 19.9 Å². The average Bonchev–Trinajstić information content (AvgIpc) is 3.51. The fraction of sp³-hybridized carbons (Fsp3) is 0.333. The molecule has 0 spiro atoms. The Morgan fingerprint density at radius 2 is 1.93 bits per heavy atom. The van der Waals surface area contributed by atoms with Crippen molar-refractivity contribution < 1.29 is 24.2 Å². The third-order valence-electron chi connectivity index (χ3n) is 4.57. The Hall–Kier alpha value is -3.02. The molecule has 1 saturated carbocycles. The molecule has 1 fully saturated rings. The lowest BCUT2D eigenvalue weighted by atomic mass is 9.99. The van der Waals surface area contributed by atoms with Gasteiger partial charge in [-0.15, -0.1) is 0 Å². The normalized spacial score (nSPS) is 14.3. The number of carbonyl (C=O) groups is 2. The van der Waals surface area contributed by atoms with E-state index in [1.165, 1.54) is 0 Å². The van der Waals surface area contributed by atoms with Gasteiger partial charge in [0.25, 0.3) is 5.91 Å². The Morgan fingerprint density at radius 3 is 2.56 bits per heavy atom. The molecule has 1 aliphatic carbocycles. The zero-order chi connectivity index (χ0) is 19.2. The minimum atomic E-state index is -0.985. The highest BCUT2D eigenvalue weighted by molar-refractivity contribution is 5.97. The zero-order valence-corrected chi connectivity index (χ0v) is 15.2. The van der Waals surface area contributed by atoms with Crippen LogP contribution in [0.5, 0.6) is 11.5 Å². The molecular formula is C21H23NO5. The first kappa shape index (κ1) is 18.8. The largest absolute Gasteiger partial charge is 0.497 e. The van der Waals surface area contributed by atoms with Crippen molar-refractivity contribution in [2.75, 3.05) is 20.3 Å². The first-order valence-corrected chi connectivity index (χ1v) is 8.95. The van der Waals surface area contributed by atoms with E-state index in [0.29, 0.717) is 35.2 Å². The first-order valence-electron chi connectivity index (χ1n) is 8.95. The van der Waals surface area contributed by atoms with Crippen LogP contribution in [0.3, 0.4) is 0 Å². The first-order chi connectivity index (χ1) is 13.1. The molecule has 1 amide bonds. The fourth-order valence-corrected chi connectivity index (χ4v) is 2.75. The molecule has 27 heavy (non-hydrogen) atoms. The lowest BCUT2D eigenvalue weighted by Crippen LogP contribution is -2.32. The van der Waals surface area contributed by atoms with Crippen LogP contribution in [0.4, 0.5) is 0 Å². The number of nitrogens with one attached hydrogen (secondary N) is 1. The van der Waals surface area contributed by atoms with Crippen LogP contribution in [0.25, 0.3) is 0 Å². The van der Waals surface area contributed by atoms with E-state index < -0.39 is 11.9 Å². The number of ether oxygens (including phenoxy) is 2. The number of benzene rings is 2. The van der Waals surface area contributed by atoms with E-state index in [9.17, 15) is 14.7 Å². The molecule has 1 unspecified atom stereocenters. The van der Waals surface area contributed by atoms with E-state index in [1.54, 1.807) is 49.6 Å². The summed E-state index contributed by atoms with van der Waals surface area (Å²) < 4.78 is 11.0. The Kier molecular flexibility index (Phi) is 5.96. The Balaban J connectivity index is 1.71. The van der Waals surface area contributed by atoms with Crippen LogP contribution in [0.2, 0.25) is 0 Å². The van der Waals surface area contributed by atoms with Crippen molar-refractivity contribution in [1.29, 1.82) is 0 Å². The van der Waals surface area contributed by atoms with E-state index in [4.69, 9.17) is 9.47 Å². The summed E-state index contributed by atoms with van der Waals surface area (Å²) in [5, 5.41) is 12.2. The second-order valence-electron chi connectivity index (χ2n) is 6.63. The number of carboxylic acid groups (broad SMARTS) is 1. The molecule has 0 aliphatic heterocycles. The number of amides is 1. The molecule has 3 rings (SSSR count). The standard InChI is InChI=1S/C21H23NO5/c1-26-16-9-10-17(19(11-16)27-13-14-7-8-14)20(23)22-12-18(21(24)25)15-5-3-2-4-6-15/h2-6,9-11,14,18H,7-8,12-13H2,1H3,(H,22,23)(H,24,25). The van der Waals surface area contributed by atoms with Crippen LogP contribution in [0, 0.1) is 5.92 Å². The third kappa shape index (κ3) is 5.00. The lowest BCUT2D eigenvalue weighted by molar-refractivity contribution is -0.138. The van der Waals surface area contributed by atoms with E-state index in [2.05, 4.69) is 5.32 Å². The number of rotatable bonds is 9. The van der Waals surface area contributed by atoms with Gasteiger partial charge in [0, 0.05) is 12.6 Å². The monoisotopic (exact) mass is 369 g/mol. The van der Waals surface area contributed by atoms with Gasteiger partial charge in [0.05, 0.1) is 25.2 Å². The fourth-order valence-electron chi connectivity index (χ4n) is 2.75. The molecular weight excluding hydrogens is 346 g/mol. The number of carboxylic acids is 1. The van der Waals surface area contributed by atoms with Gasteiger partial charge in [-0.05, 0) is 36.5 Å². The lowest BCUT2D eigenvalue weighted by Gasteiger charge is -2.16. The zero-order valence-electron chi connectivity index (χ0n) is 15.2. The summed E-state index contributed by atoms with van der Waals surface area (Å²) in [6.45, 7) is 0.557. The molecule has 0 heterocycles. The molecule has 0 saturated heterocycles. The minimum absolute atomic E-state index is 0.00766. The maximum atomic E-state index is 12.7. The van der Waals surface area contributed by atoms with Crippen molar-refractivity contribution in [3.63, 3.8) is 0 Å². The van der Waals surface area contributed by atoms with Crippen molar-refractivity contribution in [2.45, 2.75) is 18.8 Å². The minimum Gasteiger partial charge on any atom is -0.497 e. The van der Waals surface area contributed by atoms with Crippen molar-refractivity contribution in [3.05, 3.63) is 59.7 Å². The van der Waals surface area contributed by atoms with Crippen LogP contribution in [-0.2, 0) is 4.79 Å². The molecule has 6 nitrogen and oxygen atoms in total. The molecule has 2 aromatic rings. The molecule has 2 aromatic carbocycles. The smallest absolute Gasteiger partial charge is 0.312 e. The summed E-state index contributed by atoms with van der Waals surface area (Å²) >= 11 is 0. The predicted octanol–water partition coefficient (Wildman–Crippen LogP) is 3.08. The van der Waals surface area contributed by atoms with Crippen LogP contribution < -0.4 is 14.8 Å². The summed E-state index contributed by atoms with van der Waals surface area (Å²) in [6, 6.07) is 13.9. The third-order valence-corrected chi connectivity index (χ3v) is 4.57. The maximum Gasteiger partial charge on any atom is 0.312 e. The Morgan fingerprint density at radius 1 is 1.19 bits per heavy atom. The number of methoxy groups -OCH3 is 1. The van der Waals surface area contributed by atoms with Gasteiger partial charge in [0.2, 0.25) is 0 Å². The van der Waals surface area contributed by atoms with E-state index in [0.717, 1.165) is 12.8 Å². The molecule has 2 N–H and O–H groups in total. The summed E-state index contributed by atoms with van der Waals surface area (Å²) in [6.07, 6.45) is 2.28. The van der Waals surface area contributed by atoms with Crippen molar-refractivity contribution in [1.82, 2.24) is 5.32 Å². The van der Waals surface area contributed by atoms with E-state index in [1.807, 2.05) is 6.07 Å². The molecule has 0 radical (unpaired) electrons. The van der Waals surface area contributed by atoms with Crippen LogP contribution in [0.15, 0.2) is 48.5 Å². The molecule has 0 bridgehead atoms. The van der Waals surface area contributed by atoms with E-state index >= 15 is 0 Å². The predicted molar refractivity (Wildman–Crippen MR) is 100 cm³/mol. The Bertz CT molecular complexity index is 801. The van der Waals surface area contributed by atoms with Gasteiger partial charge >= 0.3 is 5.97 Å². The van der Waals surface area contributed by atoms with Crippen molar-refractivity contribution in [2.24, 2.45) is 5.92 Å². The maximum absolute atomic E-state index is 12.7. The summed E-state index contributed by atoms with van der Waals surface area (Å²) in [5.41, 5.74) is 1.01. The topological polar surface area (TPSA) is 84.9 Å². The molecule has 1 aliphatic rings.